The zero-order chi connectivity index (χ0) is 14.8. The Labute approximate surface area is 126 Å². The molecule has 0 radical (unpaired) electrons. The highest BCUT2D eigenvalue weighted by molar-refractivity contribution is 7.13. The molecule has 2 N–H and O–H groups in total. The van der Waals surface area contributed by atoms with Crippen molar-refractivity contribution in [2.45, 2.75) is 6.04 Å². The molecule has 0 aliphatic rings. The summed E-state index contributed by atoms with van der Waals surface area (Å²) < 4.78 is 1.35. The van der Waals surface area contributed by atoms with E-state index >= 15 is 0 Å². The summed E-state index contributed by atoms with van der Waals surface area (Å²) in [4.78, 5) is 13.3. The molecule has 5 heteroatoms. The maximum Gasteiger partial charge on any atom is 0.271 e. The maximum absolute atomic E-state index is 12.3. The van der Waals surface area contributed by atoms with E-state index in [-0.39, 0.29) is 5.56 Å². The van der Waals surface area contributed by atoms with Gasteiger partial charge in [0.05, 0.1) is 10.9 Å². The van der Waals surface area contributed by atoms with Crippen molar-refractivity contribution in [3.05, 3.63) is 75.4 Å². The monoisotopic (exact) mass is 297 g/mol. The second-order valence-electron chi connectivity index (χ2n) is 4.78. The summed E-state index contributed by atoms with van der Waals surface area (Å²) in [5.41, 5.74) is 8.35. The molecule has 0 aliphatic heterocycles. The Morgan fingerprint density at radius 1 is 1.19 bits per heavy atom. The predicted molar refractivity (Wildman–Crippen MR) is 85.3 cm³/mol. The first-order valence-electron chi connectivity index (χ1n) is 6.59. The van der Waals surface area contributed by atoms with Crippen LogP contribution in [0.25, 0.3) is 10.6 Å². The van der Waals surface area contributed by atoms with Crippen molar-refractivity contribution in [3.63, 3.8) is 0 Å². The quantitative estimate of drug-likeness (QED) is 0.808. The first-order chi connectivity index (χ1) is 10.2. The summed E-state index contributed by atoms with van der Waals surface area (Å²) in [7, 11) is 1.65. The number of aromatic nitrogens is 2. The van der Waals surface area contributed by atoms with E-state index in [1.54, 1.807) is 24.5 Å². The number of aryl methyl sites for hydroxylation is 1. The van der Waals surface area contributed by atoms with Gasteiger partial charge in [0.1, 0.15) is 5.69 Å². The van der Waals surface area contributed by atoms with E-state index in [4.69, 9.17) is 5.73 Å². The molecule has 1 atom stereocenters. The molecule has 3 rings (SSSR count). The molecule has 1 unspecified atom stereocenters. The normalized spacial score (nSPS) is 12.3. The Morgan fingerprint density at radius 2 is 1.95 bits per heavy atom. The Morgan fingerprint density at radius 3 is 2.62 bits per heavy atom. The highest BCUT2D eigenvalue weighted by atomic mass is 32.1. The van der Waals surface area contributed by atoms with Crippen LogP contribution >= 0.6 is 11.3 Å². The Hall–Kier alpha value is -2.24. The first kappa shape index (κ1) is 13.7. The summed E-state index contributed by atoms with van der Waals surface area (Å²) in [5, 5.41) is 6.30. The smallest absolute Gasteiger partial charge is 0.271 e. The number of benzene rings is 1. The van der Waals surface area contributed by atoms with E-state index in [2.05, 4.69) is 5.10 Å². The van der Waals surface area contributed by atoms with Gasteiger partial charge < -0.3 is 5.73 Å². The largest absolute Gasteiger partial charge is 0.320 e. The van der Waals surface area contributed by atoms with Gasteiger partial charge in [-0.1, -0.05) is 36.4 Å². The molecule has 2 aromatic heterocycles. The molecule has 0 saturated carbocycles. The lowest BCUT2D eigenvalue weighted by Gasteiger charge is -2.13. The molecule has 21 heavy (non-hydrogen) atoms. The highest BCUT2D eigenvalue weighted by Crippen LogP contribution is 2.24. The standard InChI is InChI=1S/C16H15N3OS/c1-19-16(20)12(15(17)11-6-3-2-4-7-11)10-13(18-19)14-8-5-9-21-14/h2-10,15H,17H2,1H3. The van der Waals surface area contributed by atoms with Gasteiger partial charge in [-0.25, -0.2) is 4.68 Å². The van der Waals surface area contributed by atoms with E-state index in [1.807, 2.05) is 47.8 Å². The Bertz CT molecular complexity index is 794. The third-order valence-corrected chi connectivity index (χ3v) is 4.25. The number of nitrogens with zero attached hydrogens (tertiary/aromatic N) is 2. The van der Waals surface area contributed by atoms with Crippen molar-refractivity contribution in [1.82, 2.24) is 9.78 Å². The summed E-state index contributed by atoms with van der Waals surface area (Å²) in [6, 6.07) is 14.9. The van der Waals surface area contributed by atoms with Crippen LogP contribution in [0, 0.1) is 0 Å². The van der Waals surface area contributed by atoms with Crippen LogP contribution in [0.1, 0.15) is 17.2 Å². The molecule has 106 valence electrons. The van der Waals surface area contributed by atoms with E-state index in [0.717, 1.165) is 16.1 Å². The average molecular weight is 297 g/mol. The van der Waals surface area contributed by atoms with Gasteiger partial charge in [-0.2, -0.15) is 5.10 Å². The third kappa shape index (κ3) is 2.66. The van der Waals surface area contributed by atoms with E-state index < -0.39 is 6.04 Å². The fourth-order valence-electron chi connectivity index (χ4n) is 2.24. The minimum Gasteiger partial charge on any atom is -0.320 e. The van der Waals surface area contributed by atoms with Gasteiger partial charge >= 0.3 is 0 Å². The van der Waals surface area contributed by atoms with Gasteiger partial charge in [0.2, 0.25) is 0 Å². The average Bonchev–Trinajstić information content (AvgIpc) is 3.04. The first-order valence-corrected chi connectivity index (χ1v) is 7.47. The zero-order valence-electron chi connectivity index (χ0n) is 11.6. The number of hydrogen-bond acceptors (Lipinski definition) is 4. The zero-order valence-corrected chi connectivity index (χ0v) is 12.4. The second-order valence-corrected chi connectivity index (χ2v) is 5.73. The van der Waals surface area contributed by atoms with Crippen LogP contribution in [0.2, 0.25) is 0 Å². The van der Waals surface area contributed by atoms with Gasteiger partial charge in [-0.05, 0) is 23.1 Å². The van der Waals surface area contributed by atoms with Crippen LogP contribution in [0.15, 0.2) is 58.7 Å². The number of thiophene rings is 1. The van der Waals surface area contributed by atoms with E-state index in [1.165, 1.54) is 4.68 Å². The van der Waals surface area contributed by atoms with Crippen molar-refractivity contribution in [2.24, 2.45) is 12.8 Å². The summed E-state index contributed by atoms with van der Waals surface area (Å²) in [5.74, 6) is 0. The minimum atomic E-state index is -0.452. The van der Waals surface area contributed by atoms with Crippen LogP contribution in [-0.2, 0) is 7.05 Å². The molecule has 0 bridgehead atoms. The van der Waals surface area contributed by atoms with Crippen LogP contribution in [0.5, 0.6) is 0 Å². The van der Waals surface area contributed by atoms with Crippen LogP contribution in [0.3, 0.4) is 0 Å². The van der Waals surface area contributed by atoms with E-state index in [0.29, 0.717) is 5.56 Å². The van der Waals surface area contributed by atoms with Gasteiger partial charge in [0, 0.05) is 12.6 Å². The molecule has 2 heterocycles. The molecule has 0 spiro atoms. The lowest BCUT2D eigenvalue weighted by atomic mass is 10.0. The maximum atomic E-state index is 12.3. The molecule has 0 aliphatic carbocycles. The number of rotatable bonds is 3. The minimum absolute atomic E-state index is 0.161. The molecule has 0 fully saturated rings. The van der Waals surface area contributed by atoms with Gasteiger partial charge in [-0.3, -0.25) is 4.79 Å². The number of hydrogen-bond donors (Lipinski definition) is 1. The van der Waals surface area contributed by atoms with Crippen LogP contribution in [0.4, 0.5) is 0 Å². The fraction of sp³-hybridized carbons (Fsp3) is 0.125. The molecule has 0 saturated heterocycles. The van der Waals surface area contributed by atoms with Gasteiger partial charge in [-0.15, -0.1) is 11.3 Å². The van der Waals surface area contributed by atoms with Crippen LogP contribution in [-0.4, -0.2) is 9.78 Å². The van der Waals surface area contributed by atoms with Gasteiger partial charge in [0.25, 0.3) is 5.56 Å². The molecule has 3 aromatic rings. The summed E-state index contributed by atoms with van der Waals surface area (Å²) >= 11 is 1.59. The van der Waals surface area contributed by atoms with Crippen molar-refractivity contribution in [3.8, 4) is 10.6 Å². The fourth-order valence-corrected chi connectivity index (χ4v) is 2.92. The molecule has 0 amide bonds. The highest BCUT2D eigenvalue weighted by Gasteiger charge is 2.16. The van der Waals surface area contributed by atoms with Gasteiger partial charge in [0.15, 0.2) is 0 Å². The summed E-state index contributed by atoms with van der Waals surface area (Å²) in [6.07, 6.45) is 0. The number of nitrogens with two attached hydrogens (primary N) is 1. The second kappa shape index (κ2) is 5.63. The third-order valence-electron chi connectivity index (χ3n) is 3.36. The van der Waals surface area contributed by atoms with Crippen molar-refractivity contribution in [2.75, 3.05) is 0 Å². The Kier molecular flexibility index (Phi) is 3.68. The Balaban J connectivity index is 2.12. The molecular formula is C16H15N3OS. The topological polar surface area (TPSA) is 60.9 Å². The SMILES string of the molecule is Cn1nc(-c2cccs2)cc(C(N)c2ccccc2)c1=O. The van der Waals surface area contributed by atoms with E-state index in [9.17, 15) is 4.79 Å². The molecule has 4 nitrogen and oxygen atoms in total. The van der Waals surface area contributed by atoms with Crippen molar-refractivity contribution in [1.29, 1.82) is 0 Å². The predicted octanol–water partition coefficient (Wildman–Crippen LogP) is 2.56. The van der Waals surface area contributed by atoms with Crippen LogP contribution < -0.4 is 11.3 Å². The lowest BCUT2D eigenvalue weighted by molar-refractivity contribution is 0.684. The lowest BCUT2D eigenvalue weighted by Crippen LogP contribution is -2.29. The molecular weight excluding hydrogens is 282 g/mol. The molecule has 1 aromatic carbocycles. The van der Waals surface area contributed by atoms with Crippen molar-refractivity contribution < 1.29 is 0 Å². The van der Waals surface area contributed by atoms with Crippen molar-refractivity contribution >= 4 is 11.3 Å². The summed E-state index contributed by atoms with van der Waals surface area (Å²) in [6.45, 7) is 0.